The average Bonchev–Trinajstić information content (AvgIpc) is 2.52. The lowest BCUT2D eigenvalue weighted by Crippen LogP contribution is -2.25. The van der Waals surface area contributed by atoms with Crippen molar-refractivity contribution in [1.82, 2.24) is 0 Å². The van der Waals surface area contributed by atoms with Gasteiger partial charge in [0, 0.05) is 11.1 Å². The maximum Gasteiger partial charge on any atom is 0.228 e. The first-order chi connectivity index (χ1) is 10.9. The molecule has 0 N–H and O–H groups in total. The van der Waals surface area contributed by atoms with Crippen LogP contribution in [0.5, 0.6) is 0 Å². The topological polar surface area (TPSA) is 52.6 Å². The normalized spacial score (nSPS) is 16.0. The van der Waals surface area contributed by atoms with Crippen molar-refractivity contribution in [2.24, 2.45) is 0 Å². The number of rotatable bonds is 7. The van der Waals surface area contributed by atoms with Gasteiger partial charge in [0.05, 0.1) is 14.2 Å². The number of ketones is 2. The van der Waals surface area contributed by atoms with Gasteiger partial charge in [0.1, 0.15) is 0 Å². The fourth-order valence-electron chi connectivity index (χ4n) is 2.51. The Morgan fingerprint density at radius 3 is 2.09 bits per heavy atom. The van der Waals surface area contributed by atoms with Crippen molar-refractivity contribution in [3.05, 3.63) is 46.0 Å². The summed E-state index contributed by atoms with van der Waals surface area (Å²) in [6, 6.07) is 0. The van der Waals surface area contributed by atoms with Gasteiger partial charge in [-0.15, -0.1) is 0 Å². The summed E-state index contributed by atoms with van der Waals surface area (Å²) in [5, 5.41) is 0. The molecule has 0 bridgehead atoms. The predicted molar refractivity (Wildman–Crippen MR) is 90.8 cm³/mol. The van der Waals surface area contributed by atoms with Crippen molar-refractivity contribution in [2.45, 2.75) is 47.0 Å². The van der Waals surface area contributed by atoms with Crippen LogP contribution in [0, 0.1) is 0 Å². The van der Waals surface area contributed by atoms with E-state index in [1.807, 2.05) is 13.0 Å². The molecule has 23 heavy (non-hydrogen) atoms. The molecule has 0 radical (unpaired) electrons. The van der Waals surface area contributed by atoms with Gasteiger partial charge in [-0.3, -0.25) is 9.59 Å². The highest BCUT2D eigenvalue weighted by Crippen LogP contribution is 2.30. The van der Waals surface area contributed by atoms with Crippen LogP contribution in [0.4, 0.5) is 0 Å². The third-order valence-corrected chi connectivity index (χ3v) is 3.92. The van der Waals surface area contributed by atoms with Crippen LogP contribution in [-0.4, -0.2) is 25.8 Å². The number of Topliss-reactive ketones (excluding diaryl/α,β-unsaturated/α-hetero) is 2. The van der Waals surface area contributed by atoms with Crippen LogP contribution < -0.4 is 0 Å². The number of hydrogen-bond donors (Lipinski definition) is 0. The molecule has 0 unspecified atom stereocenters. The molecule has 1 aliphatic carbocycles. The minimum atomic E-state index is -0.279. The molecule has 1 aliphatic rings. The quantitative estimate of drug-likeness (QED) is 0.525. The number of carbonyl (C=O) groups excluding carboxylic acids is 2. The van der Waals surface area contributed by atoms with Crippen LogP contribution >= 0.6 is 0 Å². The summed E-state index contributed by atoms with van der Waals surface area (Å²) in [6.07, 6.45) is 6.43. The molecule has 0 amide bonds. The number of ether oxygens (including phenoxy) is 2. The van der Waals surface area contributed by atoms with Gasteiger partial charge in [-0.1, -0.05) is 23.3 Å². The zero-order valence-corrected chi connectivity index (χ0v) is 14.9. The lowest BCUT2D eigenvalue weighted by atomic mass is 9.87. The first-order valence-corrected chi connectivity index (χ1v) is 7.76. The standard InChI is InChI=1S/C19H26O4/c1-7-14(10-8-9-12(2)3)11-15-13(4)16(20)18(22-5)19(23-6)17(15)21/h7,9H,8,10-11H2,1-6H3/b14-7-. The Labute approximate surface area is 138 Å². The zero-order chi connectivity index (χ0) is 17.6. The fraction of sp³-hybridized carbons (Fsp3) is 0.474. The van der Waals surface area contributed by atoms with Gasteiger partial charge in [0.15, 0.2) is 0 Å². The Balaban J connectivity index is 3.03. The van der Waals surface area contributed by atoms with E-state index in [1.165, 1.54) is 19.8 Å². The van der Waals surface area contributed by atoms with Gasteiger partial charge in [0.25, 0.3) is 0 Å². The molecule has 4 nitrogen and oxygen atoms in total. The van der Waals surface area contributed by atoms with Gasteiger partial charge >= 0.3 is 0 Å². The smallest absolute Gasteiger partial charge is 0.228 e. The Morgan fingerprint density at radius 2 is 1.61 bits per heavy atom. The van der Waals surface area contributed by atoms with Gasteiger partial charge in [0.2, 0.25) is 23.1 Å². The fourth-order valence-corrected chi connectivity index (χ4v) is 2.51. The van der Waals surface area contributed by atoms with E-state index in [2.05, 4.69) is 19.9 Å². The van der Waals surface area contributed by atoms with Gasteiger partial charge in [-0.05, 0) is 47.0 Å². The molecule has 0 aromatic rings. The molecule has 1 rings (SSSR count). The zero-order valence-electron chi connectivity index (χ0n) is 14.9. The lowest BCUT2D eigenvalue weighted by molar-refractivity contribution is -0.121. The maximum atomic E-state index is 12.6. The predicted octanol–water partition coefficient (Wildman–Crippen LogP) is 4.04. The van der Waals surface area contributed by atoms with Crippen LogP contribution in [0.25, 0.3) is 0 Å². The highest BCUT2D eigenvalue weighted by molar-refractivity contribution is 6.23. The highest BCUT2D eigenvalue weighted by Gasteiger charge is 2.34. The first kappa shape index (κ1) is 18.9. The minimum Gasteiger partial charge on any atom is -0.489 e. The first-order valence-electron chi connectivity index (χ1n) is 7.76. The summed E-state index contributed by atoms with van der Waals surface area (Å²) in [7, 11) is 2.75. The van der Waals surface area contributed by atoms with Crippen molar-refractivity contribution < 1.29 is 19.1 Å². The third-order valence-electron chi connectivity index (χ3n) is 3.92. The Kier molecular flexibility index (Phi) is 7.01. The summed E-state index contributed by atoms with van der Waals surface area (Å²) >= 11 is 0. The van der Waals surface area contributed by atoms with E-state index in [4.69, 9.17) is 9.47 Å². The number of allylic oxidation sites excluding steroid dienone is 6. The second-order valence-electron chi connectivity index (χ2n) is 5.77. The van der Waals surface area contributed by atoms with Crippen LogP contribution in [0.3, 0.4) is 0 Å². The SMILES string of the molecule is C/C=C(/CCC=C(C)C)CC1=C(C)C(=O)C(OC)=C(OC)C1=O. The Hall–Kier alpha value is -2.10. The number of methoxy groups -OCH3 is 2. The van der Waals surface area contributed by atoms with Crippen molar-refractivity contribution >= 4 is 11.6 Å². The largest absolute Gasteiger partial charge is 0.489 e. The van der Waals surface area contributed by atoms with Crippen LogP contribution in [0.1, 0.15) is 47.0 Å². The van der Waals surface area contributed by atoms with Gasteiger partial charge in [-0.25, -0.2) is 0 Å². The van der Waals surface area contributed by atoms with Gasteiger partial charge in [-0.2, -0.15) is 0 Å². The molecule has 0 saturated carbocycles. The highest BCUT2D eigenvalue weighted by atomic mass is 16.5. The lowest BCUT2D eigenvalue weighted by Gasteiger charge is -2.21. The Bertz CT molecular complexity index is 611. The summed E-state index contributed by atoms with van der Waals surface area (Å²) in [5.74, 6) is -0.551. The van der Waals surface area contributed by atoms with Gasteiger partial charge < -0.3 is 9.47 Å². The van der Waals surface area contributed by atoms with E-state index in [1.54, 1.807) is 6.92 Å². The van der Waals surface area contributed by atoms with E-state index in [-0.39, 0.29) is 23.1 Å². The summed E-state index contributed by atoms with van der Waals surface area (Å²) < 4.78 is 10.2. The molecular formula is C19H26O4. The van der Waals surface area contributed by atoms with Crippen molar-refractivity contribution in [3.63, 3.8) is 0 Å². The van der Waals surface area contributed by atoms with Crippen LogP contribution in [0.15, 0.2) is 46.0 Å². The van der Waals surface area contributed by atoms with E-state index in [0.29, 0.717) is 17.6 Å². The molecule has 0 heterocycles. The molecule has 0 saturated heterocycles. The molecule has 4 heteroatoms. The molecule has 126 valence electrons. The molecule has 0 spiro atoms. The third kappa shape index (κ3) is 4.44. The summed E-state index contributed by atoms with van der Waals surface area (Å²) in [5.41, 5.74) is 3.34. The molecule has 0 aromatic carbocycles. The van der Waals surface area contributed by atoms with Crippen LogP contribution in [0.2, 0.25) is 0 Å². The molecular weight excluding hydrogens is 292 g/mol. The second kappa shape index (κ2) is 8.51. The maximum absolute atomic E-state index is 12.6. The summed E-state index contributed by atoms with van der Waals surface area (Å²) in [4.78, 5) is 25.0. The van der Waals surface area contributed by atoms with E-state index < -0.39 is 0 Å². The molecule has 0 aromatic heterocycles. The molecule has 0 atom stereocenters. The minimum absolute atomic E-state index is 0.00199. The van der Waals surface area contributed by atoms with Crippen molar-refractivity contribution in [3.8, 4) is 0 Å². The van der Waals surface area contributed by atoms with Crippen LogP contribution in [-0.2, 0) is 19.1 Å². The number of carbonyl (C=O) groups is 2. The van der Waals surface area contributed by atoms with E-state index in [0.717, 1.165) is 18.4 Å². The van der Waals surface area contributed by atoms with Crippen molar-refractivity contribution in [2.75, 3.05) is 14.2 Å². The number of hydrogen-bond acceptors (Lipinski definition) is 4. The second-order valence-corrected chi connectivity index (χ2v) is 5.77. The Morgan fingerprint density at radius 1 is 1.04 bits per heavy atom. The summed E-state index contributed by atoms with van der Waals surface area (Å²) in [6.45, 7) is 7.75. The molecule has 0 aliphatic heterocycles. The van der Waals surface area contributed by atoms with E-state index >= 15 is 0 Å². The molecule has 0 fully saturated rings. The monoisotopic (exact) mass is 318 g/mol. The van der Waals surface area contributed by atoms with E-state index in [9.17, 15) is 9.59 Å². The van der Waals surface area contributed by atoms with Crippen molar-refractivity contribution in [1.29, 1.82) is 0 Å². The average molecular weight is 318 g/mol.